The molecule has 0 spiro atoms. The van der Waals surface area contributed by atoms with Crippen LogP contribution in [-0.2, 0) is 12.8 Å². The van der Waals surface area contributed by atoms with Gasteiger partial charge in [-0.25, -0.2) is 0 Å². The molecule has 0 heterocycles. The monoisotopic (exact) mass is 268 g/mol. The minimum Gasteiger partial charge on any atom is -0.126 e. The van der Waals surface area contributed by atoms with Crippen molar-refractivity contribution in [2.45, 2.75) is 19.3 Å². The molecule has 3 rings (SSSR count). The molecule has 0 N–H and O–H groups in total. The first kappa shape index (κ1) is 12.5. The topological polar surface area (TPSA) is 0 Å². The number of hydrogen-bond acceptors (Lipinski definition) is 0. The number of alkyl halides is 1. The van der Waals surface area contributed by atoms with Crippen LogP contribution in [-0.4, -0.2) is 5.88 Å². The molecule has 2 aromatic carbocycles. The molecular weight excluding hydrogens is 252 g/mol. The molecule has 0 atom stereocenters. The molecule has 0 bridgehead atoms. The van der Waals surface area contributed by atoms with Gasteiger partial charge in [0.2, 0.25) is 0 Å². The fourth-order valence-corrected chi connectivity index (χ4v) is 2.94. The van der Waals surface area contributed by atoms with Gasteiger partial charge in [-0.2, -0.15) is 0 Å². The van der Waals surface area contributed by atoms with E-state index in [0.29, 0.717) is 5.88 Å². The number of halogens is 1. The van der Waals surface area contributed by atoms with Crippen molar-refractivity contribution in [1.82, 2.24) is 0 Å². The molecule has 0 nitrogen and oxygen atoms in total. The Hall–Kier alpha value is -1.53. The number of rotatable bonds is 2. The molecule has 0 fully saturated rings. The summed E-state index contributed by atoms with van der Waals surface area (Å²) in [6.07, 6.45) is 5.44. The molecule has 1 aliphatic rings. The molecule has 2 aromatic rings. The van der Waals surface area contributed by atoms with Crippen molar-refractivity contribution in [3.8, 4) is 0 Å². The molecule has 0 amide bonds. The highest BCUT2D eigenvalue weighted by Crippen LogP contribution is 2.33. The Morgan fingerprint density at radius 1 is 0.842 bits per heavy atom. The number of hydrogen-bond donors (Lipinski definition) is 0. The van der Waals surface area contributed by atoms with Crippen molar-refractivity contribution < 1.29 is 0 Å². The Morgan fingerprint density at radius 3 is 1.89 bits per heavy atom. The van der Waals surface area contributed by atoms with Gasteiger partial charge in [-0.15, -0.1) is 11.6 Å². The van der Waals surface area contributed by atoms with Gasteiger partial charge in [-0.1, -0.05) is 54.6 Å². The van der Waals surface area contributed by atoms with Crippen molar-refractivity contribution >= 4 is 17.2 Å². The highest BCUT2D eigenvalue weighted by atomic mass is 35.5. The minimum absolute atomic E-state index is 0.674. The normalized spacial score (nSPS) is 13.4. The fourth-order valence-electron chi connectivity index (χ4n) is 2.84. The Labute approximate surface area is 119 Å². The van der Waals surface area contributed by atoms with E-state index >= 15 is 0 Å². The zero-order chi connectivity index (χ0) is 13.1. The summed E-state index contributed by atoms with van der Waals surface area (Å²) in [5.74, 6) is 0.674. The third kappa shape index (κ3) is 2.46. The lowest BCUT2D eigenvalue weighted by atomic mass is 9.93. The summed E-state index contributed by atoms with van der Waals surface area (Å²) in [6, 6.07) is 17.5. The first-order chi connectivity index (χ1) is 9.40. The van der Waals surface area contributed by atoms with E-state index in [4.69, 9.17) is 11.6 Å². The quantitative estimate of drug-likeness (QED) is 0.684. The summed E-state index contributed by atoms with van der Waals surface area (Å²) in [6.45, 7) is 0. The van der Waals surface area contributed by atoms with Gasteiger partial charge in [0.25, 0.3) is 0 Å². The van der Waals surface area contributed by atoms with Crippen LogP contribution in [0.1, 0.15) is 28.7 Å². The van der Waals surface area contributed by atoms with Gasteiger partial charge in [0.05, 0.1) is 0 Å². The smallest absolute Gasteiger partial charge is 0.0258 e. The summed E-state index contributed by atoms with van der Waals surface area (Å²) >= 11 is 5.87. The molecule has 0 aliphatic heterocycles. The van der Waals surface area contributed by atoms with Crippen LogP contribution in [0.4, 0.5) is 0 Å². The molecule has 0 unspecified atom stereocenters. The maximum Gasteiger partial charge on any atom is 0.0258 e. The van der Waals surface area contributed by atoms with E-state index in [0.717, 1.165) is 19.3 Å². The van der Waals surface area contributed by atoms with E-state index in [1.54, 1.807) is 0 Å². The summed E-state index contributed by atoms with van der Waals surface area (Å²) in [5.41, 5.74) is 6.98. The second-order valence-electron chi connectivity index (χ2n) is 4.91. The third-order valence-corrected chi connectivity index (χ3v) is 3.95. The van der Waals surface area contributed by atoms with Crippen LogP contribution in [0.3, 0.4) is 0 Å². The van der Waals surface area contributed by atoms with Crippen molar-refractivity contribution in [2.75, 3.05) is 5.88 Å². The van der Waals surface area contributed by atoms with Crippen molar-refractivity contribution in [3.63, 3.8) is 0 Å². The SMILES string of the molecule is ClCCC=C1c2ccccc2CCc2ccccc21. The van der Waals surface area contributed by atoms with Gasteiger partial charge < -0.3 is 0 Å². The van der Waals surface area contributed by atoms with E-state index in [2.05, 4.69) is 54.6 Å². The summed E-state index contributed by atoms with van der Waals surface area (Å²) in [5, 5.41) is 0. The van der Waals surface area contributed by atoms with Gasteiger partial charge >= 0.3 is 0 Å². The van der Waals surface area contributed by atoms with E-state index in [-0.39, 0.29) is 0 Å². The third-order valence-electron chi connectivity index (χ3n) is 3.74. The van der Waals surface area contributed by atoms with Crippen LogP contribution >= 0.6 is 11.6 Å². The number of aryl methyl sites for hydroxylation is 2. The lowest BCUT2D eigenvalue weighted by Crippen LogP contribution is -1.92. The first-order valence-electron chi connectivity index (χ1n) is 6.83. The fraction of sp³-hybridized carbons (Fsp3) is 0.222. The molecule has 1 heteroatoms. The Balaban J connectivity index is 2.19. The van der Waals surface area contributed by atoms with E-state index in [9.17, 15) is 0 Å². The van der Waals surface area contributed by atoms with E-state index in [1.165, 1.54) is 27.8 Å². The molecular formula is C18H17Cl. The Bertz CT molecular complexity index is 561. The van der Waals surface area contributed by atoms with Gasteiger partial charge in [0.15, 0.2) is 0 Å². The average Bonchev–Trinajstić information content (AvgIpc) is 2.62. The second-order valence-corrected chi connectivity index (χ2v) is 5.29. The predicted octanol–water partition coefficient (Wildman–Crippen LogP) is 4.85. The number of fused-ring (bicyclic) bond motifs is 2. The Kier molecular flexibility index (Phi) is 3.70. The molecule has 0 aromatic heterocycles. The first-order valence-corrected chi connectivity index (χ1v) is 7.36. The van der Waals surface area contributed by atoms with Crippen molar-refractivity contribution in [1.29, 1.82) is 0 Å². The van der Waals surface area contributed by atoms with Crippen LogP contribution < -0.4 is 0 Å². The Morgan fingerprint density at radius 2 is 1.37 bits per heavy atom. The lowest BCUT2D eigenvalue weighted by Gasteiger charge is -2.11. The average molecular weight is 269 g/mol. The van der Waals surface area contributed by atoms with Crippen LogP contribution in [0.25, 0.3) is 5.57 Å². The highest BCUT2D eigenvalue weighted by molar-refractivity contribution is 6.18. The van der Waals surface area contributed by atoms with Crippen LogP contribution in [0.2, 0.25) is 0 Å². The molecule has 0 radical (unpaired) electrons. The minimum atomic E-state index is 0.674. The lowest BCUT2D eigenvalue weighted by molar-refractivity contribution is 0.965. The molecule has 0 saturated carbocycles. The number of benzene rings is 2. The second kappa shape index (κ2) is 5.63. The molecule has 96 valence electrons. The van der Waals surface area contributed by atoms with E-state index in [1.807, 2.05) is 0 Å². The van der Waals surface area contributed by atoms with Crippen LogP contribution in [0, 0.1) is 0 Å². The van der Waals surface area contributed by atoms with Gasteiger partial charge in [-0.05, 0) is 47.1 Å². The van der Waals surface area contributed by atoms with Gasteiger partial charge in [0, 0.05) is 5.88 Å². The number of allylic oxidation sites excluding steroid dienone is 1. The maximum absolute atomic E-state index is 5.87. The van der Waals surface area contributed by atoms with E-state index < -0.39 is 0 Å². The maximum atomic E-state index is 5.87. The standard InChI is InChI=1S/C18H17Cl/c19-13-5-10-18-16-8-3-1-6-14(16)11-12-15-7-2-4-9-17(15)18/h1-4,6-10H,5,11-13H2. The molecule has 19 heavy (non-hydrogen) atoms. The highest BCUT2D eigenvalue weighted by Gasteiger charge is 2.16. The molecule has 1 aliphatic carbocycles. The summed E-state index contributed by atoms with van der Waals surface area (Å²) in [7, 11) is 0. The zero-order valence-corrected chi connectivity index (χ0v) is 11.7. The van der Waals surface area contributed by atoms with Gasteiger partial charge in [-0.3, -0.25) is 0 Å². The summed E-state index contributed by atoms with van der Waals surface area (Å²) in [4.78, 5) is 0. The summed E-state index contributed by atoms with van der Waals surface area (Å²) < 4.78 is 0. The van der Waals surface area contributed by atoms with Gasteiger partial charge in [0.1, 0.15) is 0 Å². The van der Waals surface area contributed by atoms with Crippen LogP contribution in [0.5, 0.6) is 0 Å². The van der Waals surface area contributed by atoms with Crippen LogP contribution in [0.15, 0.2) is 54.6 Å². The zero-order valence-electron chi connectivity index (χ0n) is 10.9. The predicted molar refractivity (Wildman–Crippen MR) is 82.7 cm³/mol. The molecule has 0 saturated heterocycles. The largest absolute Gasteiger partial charge is 0.126 e. The van der Waals surface area contributed by atoms with Crippen molar-refractivity contribution in [3.05, 3.63) is 76.9 Å². The van der Waals surface area contributed by atoms with Crippen molar-refractivity contribution in [2.24, 2.45) is 0 Å².